The lowest BCUT2D eigenvalue weighted by atomic mass is 9.89. The van der Waals surface area contributed by atoms with Crippen LogP contribution in [-0.4, -0.2) is 12.1 Å². The van der Waals surface area contributed by atoms with Gasteiger partial charge in [-0.3, -0.25) is 0 Å². The quantitative estimate of drug-likeness (QED) is 0.563. The zero-order valence-corrected chi connectivity index (χ0v) is 7.47. The number of nitrogens with one attached hydrogen (secondary N) is 1. The number of fused-ring (bicyclic) bond motifs is 3. The monoisotopic (exact) mass is 153 g/mol. The maximum Gasteiger partial charge on any atom is 0.00696 e. The van der Waals surface area contributed by atoms with Gasteiger partial charge in [-0.1, -0.05) is 12.8 Å². The Morgan fingerprint density at radius 2 is 1.64 bits per heavy atom. The molecule has 0 radical (unpaired) electrons. The van der Waals surface area contributed by atoms with Crippen molar-refractivity contribution in [3.63, 3.8) is 0 Å². The first-order valence-corrected chi connectivity index (χ1v) is 5.12. The predicted octanol–water partition coefficient (Wildman–Crippen LogP) is 2.32. The second kappa shape index (κ2) is 3.14. The Kier molecular flexibility index (Phi) is 2.17. The maximum absolute atomic E-state index is 3.74. The van der Waals surface area contributed by atoms with E-state index < -0.39 is 0 Å². The Balaban J connectivity index is 2.08. The lowest BCUT2D eigenvalue weighted by molar-refractivity contribution is 0.372. The highest BCUT2D eigenvalue weighted by atomic mass is 15.0. The van der Waals surface area contributed by atoms with Gasteiger partial charge in [0, 0.05) is 12.1 Å². The molecule has 0 saturated carbocycles. The molecular weight excluding hydrogens is 134 g/mol. The molecule has 0 aromatic heterocycles. The van der Waals surface area contributed by atoms with E-state index in [0.717, 1.165) is 18.0 Å². The Morgan fingerprint density at radius 3 is 2.27 bits per heavy atom. The van der Waals surface area contributed by atoms with E-state index in [1.54, 1.807) is 0 Å². The zero-order chi connectivity index (χ0) is 7.68. The van der Waals surface area contributed by atoms with Gasteiger partial charge in [0.05, 0.1) is 0 Å². The van der Waals surface area contributed by atoms with Crippen molar-refractivity contribution in [2.24, 2.45) is 5.92 Å². The summed E-state index contributed by atoms with van der Waals surface area (Å²) in [5.74, 6) is 0.988. The van der Waals surface area contributed by atoms with Gasteiger partial charge in [0.25, 0.3) is 0 Å². The van der Waals surface area contributed by atoms with Crippen LogP contribution in [0.15, 0.2) is 0 Å². The van der Waals surface area contributed by atoms with Crippen LogP contribution >= 0.6 is 0 Å². The van der Waals surface area contributed by atoms with E-state index in [1.165, 1.54) is 38.5 Å². The molecule has 64 valence electrons. The molecule has 2 bridgehead atoms. The lowest BCUT2D eigenvalue weighted by Gasteiger charge is -2.19. The second-order valence-electron chi connectivity index (χ2n) is 4.27. The van der Waals surface area contributed by atoms with E-state index in [1.807, 2.05) is 0 Å². The third kappa shape index (κ3) is 1.58. The first-order chi connectivity index (χ1) is 5.36. The summed E-state index contributed by atoms with van der Waals surface area (Å²) in [6, 6.07) is 1.66. The van der Waals surface area contributed by atoms with E-state index in [9.17, 15) is 0 Å². The minimum Gasteiger partial charge on any atom is -0.311 e. The molecule has 2 rings (SSSR count). The maximum atomic E-state index is 3.74. The van der Waals surface area contributed by atoms with Crippen molar-refractivity contribution in [2.75, 3.05) is 0 Å². The average Bonchev–Trinajstić information content (AvgIpc) is 2.16. The fourth-order valence-corrected chi connectivity index (χ4v) is 2.72. The summed E-state index contributed by atoms with van der Waals surface area (Å²) >= 11 is 0. The molecule has 2 aliphatic heterocycles. The van der Waals surface area contributed by atoms with E-state index >= 15 is 0 Å². The van der Waals surface area contributed by atoms with Crippen molar-refractivity contribution in [2.45, 2.75) is 57.5 Å². The van der Waals surface area contributed by atoms with E-state index in [0.29, 0.717) is 0 Å². The van der Waals surface area contributed by atoms with Gasteiger partial charge in [0.1, 0.15) is 0 Å². The van der Waals surface area contributed by atoms with Gasteiger partial charge in [0.15, 0.2) is 0 Å². The van der Waals surface area contributed by atoms with Crippen LogP contribution in [0.2, 0.25) is 0 Å². The molecule has 0 amide bonds. The Labute approximate surface area is 69.6 Å². The van der Waals surface area contributed by atoms with Gasteiger partial charge in [-0.05, 0) is 38.5 Å². The SMILES string of the molecule is CC1NC2CCCC1CCC2. The van der Waals surface area contributed by atoms with Crippen molar-refractivity contribution in [1.29, 1.82) is 0 Å². The number of hydrogen-bond acceptors (Lipinski definition) is 1. The molecule has 1 N–H and O–H groups in total. The van der Waals surface area contributed by atoms with Crippen LogP contribution in [0.1, 0.15) is 45.4 Å². The normalized spacial score (nSPS) is 45.0. The molecule has 0 aromatic carbocycles. The number of rotatable bonds is 0. The molecule has 1 atom stereocenters. The fraction of sp³-hybridized carbons (Fsp3) is 1.00. The molecule has 1 unspecified atom stereocenters. The summed E-state index contributed by atoms with van der Waals surface area (Å²) < 4.78 is 0. The van der Waals surface area contributed by atoms with Crippen LogP contribution in [0, 0.1) is 5.92 Å². The Morgan fingerprint density at radius 1 is 1.00 bits per heavy atom. The highest BCUT2D eigenvalue weighted by molar-refractivity contribution is 4.85. The van der Waals surface area contributed by atoms with Gasteiger partial charge in [-0.2, -0.15) is 0 Å². The van der Waals surface area contributed by atoms with Crippen LogP contribution in [0.25, 0.3) is 0 Å². The molecule has 2 fully saturated rings. The third-order valence-electron chi connectivity index (χ3n) is 3.46. The predicted molar refractivity (Wildman–Crippen MR) is 47.6 cm³/mol. The van der Waals surface area contributed by atoms with Crippen molar-refractivity contribution >= 4 is 0 Å². The van der Waals surface area contributed by atoms with Crippen molar-refractivity contribution in [3.05, 3.63) is 0 Å². The lowest BCUT2D eigenvalue weighted by Crippen LogP contribution is -2.36. The average molecular weight is 153 g/mol. The molecule has 1 heteroatoms. The van der Waals surface area contributed by atoms with Crippen LogP contribution < -0.4 is 5.32 Å². The summed E-state index contributed by atoms with van der Waals surface area (Å²) in [7, 11) is 0. The van der Waals surface area contributed by atoms with Gasteiger partial charge in [-0.25, -0.2) is 0 Å². The van der Waals surface area contributed by atoms with Gasteiger partial charge in [0.2, 0.25) is 0 Å². The van der Waals surface area contributed by atoms with E-state index in [-0.39, 0.29) is 0 Å². The molecule has 0 aliphatic carbocycles. The molecule has 11 heavy (non-hydrogen) atoms. The topological polar surface area (TPSA) is 12.0 Å². The largest absolute Gasteiger partial charge is 0.311 e. The Hall–Kier alpha value is -0.0400. The zero-order valence-electron chi connectivity index (χ0n) is 7.47. The van der Waals surface area contributed by atoms with Crippen LogP contribution in [0.5, 0.6) is 0 Å². The minimum absolute atomic E-state index is 0.796. The summed E-state index contributed by atoms with van der Waals surface area (Å²) in [5.41, 5.74) is 0. The first-order valence-electron chi connectivity index (χ1n) is 5.12. The van der Waals surface area contributed by atoms with Gasteiger partial charge >= 0.3 is 0 Å². The van der Waals surface area contributed by atoms with Crippen LogP contribution in [0.3, 0.4) is 0 Å². The molecule has 2 aliphatic rings. The second-order valence-corrected chi connectivity index (χ2v) is 4.27. The summed E-state index contributed by atoms with van der Waals surface area (Å²) in [6.07, 6.45) is 8.75. The molecular formula is C10H19N. The van der Waals surface area contributed by atoms with Gasteiger partial charge < -0.3 is 5.32 Å². The molecule has 2 heterocycles. The summed E-state index contributed by atoms with van der Waals surface area (Å²) in [6.45, 7) is 2.37. The van der Waals surface area contributed by atoms with Crippen LogP contribution in [-0.2, 0) is 0 Å². The third-order valence-corrected chi connectivity index (χ3v) is 3.46. The van der Waals surface area contributed by atoms with Gasteiger partial charge in [-0.15, -0.1) is 0 Å². The van der Waals surface area contributed by atoms with Crippen LogP contribution in [0.4, 0.5) is 0 Å². The van der Waals surface area contributed by atoms with E-state index in [4.69, 9.17) is 0 Å². The highest BCUT2D eigenvalue weighted by Gasteiger charge is 2.27. The summed E-state index contributed by atoms with van der Waals surface area (Å²) in [4.78, 5) is 0. The molecule has 1 nitrogen and oxygen atoms in total. The fourth-order valence-electron chi connectivity index (χ4n) is 2.72. The molecule has 2 saturated heterocycles. The van der Waals surface area contributed by atoms with Crippen molar-refractivity contribution in [1.82, 2.24) is 5.32 Å². The minimum atomic E-state index is 0.796. The summed E-state index contributed by atoms with van der Waals surface area (Å²) in [5, 5.41) is 3.74. The smallest absolute Gasteiger partial charge is 0.00696 e. The molecule has 0 spiro atoms. The first kappa shape index (κ1) is 7.60. The standard InChI is InChI=1S/C10H19N/c1-8-9-4-2-6-10(11-8)7-3-5-9/h8-11H,2-7H2,1H3. The molecule has 0 aromatic rings. The Bertz CT molecular complexity index is 123. The van der Waals surface area contributed by atoms with E-state index in [2.05, 4.69) is 12.2 Å². The highest BCUT2D eigenvalue weighted by Crippen LogP contribution is 2.29. The van der Waals surface area contributed by atoms with Crippen molar-refractivity contribution < 1.29 is 0 Å². The van der Waals surface area contributed by atoms with Crippen molar-refractivity contribution in [3.8, 4) is 0 Å². The number of hydrogen-bond donors (Lipinski definition) is 1.